The third kappa shape index (κ3) is 5.49. The monoisotopic (exact) mass is 452 g/mol. The summed E-state index contributed by atoms with van der Waals surface area (Å²) >= 11 is 1.64. The van der Waals surface area contributed by atoms with Crippen LogP contribution in [0.25, 0.3) is 0 Å². The second-order valence-electron chi connectivity index (χ2n) is 7.87. The van der Waals surface area contributed by atoms with E-state index in [1.54, 1.807) is 36.0 Å². The van der Waals surface area contributed by atoms with Crippen LogP contribution in [-0.4, -0.2) is 67.2 Å². The zero-order valence-electron chi connectivity index (χ0n) is 17.6. The Labute approximate surface area is 184 Å². The van der Waals surface area contributed by atoms with Crippen molar-refractivity contribution in [2.24, 2.45) is 0 Å². The first kappa shape index (κ1) is 22.9. The lowest BCUT2D eigenvalue weighted by Crippen LogP contribution is -2.42. The number of carbonyl (C=O) groups is 1. The maximum Gasteiger partial charge on any atom is 0.266 e. The van der Waals surface area contributed by atoms with E-state index in [0.717, 1.165) is 37.0 Å². The van der Waals surface area contributed by atoms with Gasteiger partial charge in [0, 0.05) is 31.3 Å². The minimum atomic E-state index is -3.73. The minimum absolute atomic E-state index is 0.0404. The molecule has 1 aliphatic heterocycles. The van der Waals surface area contributed by atoms with Gasteiger partial charge < -0.3 is 10.2 Å². The molecule has 3 rings (SSSR count). The topological polar surface area (TPSA) is 93.6 Å². The van der Waals surface area contributed by atoms with Crippen LogP contribution < -0.4 is 5.32 Å². The fourth-order valence-corrected chi connectivity index (χ4v) is 5.90. The molecule has 0 aromatic heterocycles. The number of carbonyl (C=O) groups excluding carboxylic acids is 1. The minimum Gasteiger partial charge on any atom is -0.356 e. The Morgan fingerprint density at radius 3 is 2.53 bits per heavy atom. The lowest BCUT2D eigenvalue weighted by atomic mass is 9.94. The van der Waals surface area contributed by atoms with Crippen LogP contribution in [0.2, 0.25) is 0 Å². The van der Waals surface area contributed by atoms with E-state index in [1.165, 1.54) is 10.7 Å². The molecule has 0 atom stereocenters. The molecular weight excluding hydrogens is 420 g/mol. The fraction of sp³-hybridized carbons (Fsp3) is 0.619. The van der Waals surface area contributed by atoms with Gasteiger partial charge in [0.1, 0.15) is 0 Å². The molecule has 166 valence electrons. The predicted molar refractivity (Wildman–Crippen MR) is 121 cm³/mol. The molecule has 1 aromatic carbocycles. The summed E-state index contributed by atoms with van der Waals surface area (Å²) in [5.74, 6) is 0.958. The first-order valence-electron chi connectivity index (χ1n) is 10.7. The summed E-state index contributed by atoms with van der Waals surface area (Å²) in [5.41, 5.74) is 0.972. The van der Waals surface area contributed by atoms with Gasteiger partial charge >= 0.3 is 0 Å². The standard InChI is InChI=1S/C21H32N4O3S2/c1-29-16-12-20(26)23-13-11-17-7-9-19(10-8-17)30(27,28)25-15-14-24(21(25)22)18-5-3-2-4-6-18/h7-10,18,22H,2-6,11-16H2,1H3,(H,23,26). The molecule has 2 N–H and O–H groups in total. The first-order valence-corrected chi connectivity index (χ1v) is 13.5. The number of thioether (sulfide) groups is 1. The lowest BCUT2D eigenvalue weighted by Gasteiger charge is -2.32. The van der Waals surface area contributed by atoms with Crippen LogP contribution in [0, 0.1) is 5.41 Å². The van der Waals surface area contributed by atoms with Gasteiger partial charge in [0.25, 0.3) is 10.0 Å². The summed E-state index contributed by atoms with van der Waals surface area (Å²) in [6, 6.07) is 7.09. The van der Waals surface area contributed by atoms with Crippen LogP contribution in [-0.2, 0) is 21.2 Å². The zero-order chi connectivity index (χ0) is 21.6. The second-order valence-corrected chi connectivity index (χ2v) is 10.7. The van der Waals surface area contributed by atoms with Gasteiger partial charge in [0.2, 0.25) is 11.9 Å². The highest BCUT2D eigenvalue weighted by Crippen LogP contribution is 2.28. The molecule has 1 aromatic rings. The van der Waals surface area contributed by atoms with Gasteiger partial charge in [0.15, 0.2) is 0 Å². The summed E-state index contributed by atoms with van der Waals surface area (Å²) < 4.78 is 27.4. The maximum absolute atomic E-state index is 13.1. The molecule has 30 heavy (non-hydrogen) atoms. The van der Waals surface area contributed by atoms with Crippen LogP contribution >= 0.6 is 11.8 Å². The van der Waals surface area contributed by atoms with E-state index in [0.29, 0.717) is 38.5 Å². The Balaban J connectivity index is 1.57. The molecule has 1 aliphatic carbocycles. The van der Waals surface area contributed by atoms with Crippen LogP contribution in [0.3, 0.4) is 0 Å². The Hall–Kier alpha value is -1.74. The zero-order valence-corrected chi connectivity index (χ0v) is 19.2. The van der Waals surface area contributed by atoms with E-state index in [1.807, 2.05) is 11.2 Å². The van der Waals surface area contributed by atoms with Gasteiger partial charge in [-0.1, -0.05) is 31.4 Å². The highest BCUT2D eigenvalue weighted by atomic mass is 32.2. The van der Waals surface area contributed by atoms with Crippen molar-refractivity contribution >= 4 is 33.7 Å². The normalized spacial score (nSPS) is 18.1. The largest absolute Gasteiger partial charge is 0.356 e. The number of benzene rings is 1. The number of rotatable bonds is 9. The Bertz CT molecular complexity index is 836. The van der Waals surface area contributed by atoms with Crippen molar-refractivity contribution in [2.45, 2.75) is 55.9 Å². The molecule has 2 aliphatic rings. The number of amides is 1. The summed E-state index contributed by atoms with van der Waals surface area (Å²) in [6.45, 7) is 1.46. The molecule has 9 heteroatoms. The predicted octanol–water partition coefficient (Wildman–Crippen LogP) is 2.67. The van der Waals surface area contributed by atoms with Crippen LogP contribution in [0.15, 0.2) is 29.2 Å². The van der Waals surface area contributed by atoms with Crippen molar-refractivity contribution in [3.8, 4) is 0 Å². The number of nitrogens with one attached hydrogen (secondary N) is 2. The number of guanidine groups is 1. The van der Waals surface area contributed by atoms with Crippen LogP contribution in [0.4, 0.5) is 0 Å². The summed E-state index contributed by atoms with van der Waals surface area (Å²) in [4.78, 5) is 13.8. The fourth-order valence-electron chi connectivity index (χ4n) is 4.12. The van der Waals surface area contributed by atoms with Gasteiger partial charge in [-0.25, -0.2) is 12.7 Å². The lowest BCUT2D eigenvalue weighted by molar-refractivity contribution is -0.120. The number of sulfonamides is 1. The smallest absolute Gasteiger partial charge is 0.266 e. The summed E-state index contributed by atoms with van der Waals surface area (Å²) in [5, 5.41) is 11.3. The Morgan fingerprint density at radius 1 is 1.17 bits per heavy atom. The molecule has 1 heterocycles. The van der Waals surface area contributed by atoms with Crippen LogP contribution in [0.1, 0.15) is 44.1 Å². The summed E-state index contributed by atoms with van der Waals surface area (Å²) in [6.07, 6.45) is 8.75. The first-order chi connectivity index (χ1) is 14.4. The van der Waals surface area contributed by atoms with Crippen molar-refractivity contribution < 1.29 is 13.2 Å². The van der Waals surface area contributed by atoms with Crippen molar-refractivity contribution in [1.29, 1.82) is 5.41 Å². The molecule has 1 amide bonds. The Kier molecular flexibility index (Phi) is 8.05. The van der Waals surface area contributed by atoms with Crippen LogP contribution in [0.5, 0.6) is 0 Å². The van der Waals surface area contributed by atoms with Crippen molar-refractivity contribution in [1.82, 2.24) is 14.5 Å². The van der Waals surface area contributed by atoms with Gasteiger partial charge in [-0.15, -0.1) is 0 Å². The summed E-state index contributed by atoms with van der Waals surface area (Å²) in [7, 11) is -3.73. The number of hydrogen-bond acceptors (Lipinski definition) is 5. The average Bonchev–Trinajstić information content (AvgIpc) is 3.15. The number of hydrogen-bond donors (Lipinski definition) is 2. The molecule has 7 nitrogen and oxygen atoms in total. The highest BCUT2D eigenvalue weighted by Gasteiger charge is 2.38. The van der Waals surface area contributed by atoms with E-state index in [2.05, 4.69) is 5.32 Å². The second kappa shape index (κ2) is 10.5. The quantitative estimate of drug-likeness (QED) is 0.601. The third-order valence-corrected chi connectivity index (χ3v) is 8.26. The van der Waals surface area contributed by atoms with Gasteiger partial charge in [-0.2, -0.15) is 11.8 Å². The molecule has 0 bridgehead atoms. The van der Waals surface area contributed by atoms with E-state index in [4.69, 9.17) is 5.41 Å². The molecule has 1 saturated carbocycles. The van der Waals surface area contributed by atoms with E-state index in [9.17, 15) is 13.2 Å². The van der Waals surface area contributed by atoms with E-state index >= 15 is 0 Å². The van der Waals surface area contributed by atoms with Gasteiger partial charge in [-0.05, 0) is 43.2 Å². The molecule has 0 radical (unpaired) electrons. The molecule has 0 unspecified atom stereocenters. The Morgan fingerprint density at radius 2 is 1.87 bits per heavy atom. The molecule has 0 spiro atoms. The highest BCUT2D eigenvalue weighted by molar-refractivity contribution is 7.98. The van der Waals surface area contributed by atoms with Gasteiger partial charge in [-0.3, -0.25) is 10.2 Å². The molecule has 2 fully saturated rings. The third-order valence-electron chi connectivity index (χ3n) is 5.85. The molecular formula is C21H32N4O3S2. The van der Waals surface area contributed by atoms with Crippen molar-refractivity contribution in [3.63, 3.8) is 0 Å². The molecule has 1 saturated heterocycles. The average molecular weight is 453 g/mol. The number of nitrogens with zero attached hydrogens (tertiary/aromatic N) is 2. The van der Waals surface area contributed by atoms with Crippen molar-refractivity contribution in [2.75, 3.05) is 31.6 Å². The SMILES string of the molecule is CSCCC(=O)NCCc1ccc(S(=O)(=O)N2CCN(C3CCCCC3)C2=N)cc1. The maximum atomic E-state index is 13.1. The van der Waals surface area contributed by atoms with E-state index in [-0.39, 0.29) is 16.8 Å². The van der Waals surface area contributed by atoms with E-state index < -0.39 is 10.0 Å². The van der Waals surface area contributed by atoms with Gasteiger partial charge in [0.05, 0.1) is 11.4 Å². The van der Waals surface area contributed by atoms with Crippen molar-refractivity contribution in [3.05, 3.63) is 29.8 Å².